The first kappa shape index (κ1) is 44.6. The largest absolute Gasteiger partial charge is 0.496 e. The van der Waals surface area contributed by atoms with Crippen molar-refractivity contribution in [2.45, 2.75) is 84.1 Å². The summed E-state index contributed by atoms with van der Waals surface area (Å²) >= 11 is 0. The van der Waals surface area contributed by atoms with Gasteiger partial charge in [-0.25, -0.2) is 4.98 Å². The number of amides is 3. The topological polar surface area (TPSA) is 175 Å². The molecule has 3 N–H and O–H groups in total. The van der Waals surface area contributed by atoms with Crippen molar-refractivity contribution in [1.29, 1.82) is 0 Å². The fourth-order valence-electron chi connectivity index (χ4n) is 9.67. The van der Waals surface area contributed by atoms with Crippen LogP contribution >= 0.6 is 0 Å². The molecule has 0 saturated carbocycles. The fourth-order valence-corrected chi connectivity index (χ4v) is 9.67. The van der Waals surface area contributed by atoms with Crippen molar-refractivity contribution in [3.8, 4) is 28.1 Å². The zero-order valence-electron chi connectivity index (χ0n) is 38.8. The van der Waals surface area contributed by atoms with Gasteiger partial charge in [0.05, 0.1) is 24.8 Å². The Labute approximate surface area is 385 Å². The Hall–Kier alpha value is -6.61. The summed E-state index contributed by atoms with van der Waals surface area (Å²) in [5, 5.41) is 18.1. The fraction of sp³-hybridized carbons (Fsp3) is 0.431. The van der Waals surface area contributed by atoms with E-state index >= 15 is 0 Å². The molecule has 3 saturated heterocycles. The highest BCUT2D eigenvalue weighted by Gasteiger charge is 2.31. The second kappa shape index (κ2) is 18.7. The van der Waals surface area contributed by atoms with Gasteiger partial charge in [-0.15, -0.1) is 0 Å². The third-order valence-corrected chi connectivity index (χ3v) is 13.7. The molecule has 3 aromatic heterocycles. The predicted molar refractivity (Wildman–Crippen MR) is 255 cm³/mol. The average Bonchev–Trinajstić information content (AvgIpc) is 4.00. The van der Waals surface area contributed by atoms with E-state index < -0.39 is 0 Å². The molecule has 3 aliphatic rings. The second-order valence-corrected chi connectivity index (χ2v) is 19.2. The molecule has 3 aliphatic heterocycles. The molecule has 6 aromatic rings. The van der Waals surface area contributed by atoms with Crippen LogP contribution in [0.2, 0.25) is 0 Å². The van der Waals surface area contributed by atoms with Gasteiger partial charge in [0, 0.05) is 96.8 Å². The van der Waals surface area contributed by atoms with Crippen LogP contribution in [0.15, 0.2) is 77.4 Å². The van der Waals surface area contributed by atoms with Gasteiger partial charge in [0.1, 0.15) is 5.75 Å². The third-order valence-electron chi connectivity index (χ3n) is 13.7. The first-order valence-corrected chi connectivity index (χ1v) is 23.3. The summed E-state index contributed by atoms with van der Waals surface area (Å²) in [6.07, 6.45) is 6.27. The minimum absolute atomic E-state index is 0.0242. The molecule has 0 spiro atoms. The van der Waals surface area contributed by atoms with Crippen molar-refractivity contribution in [1.82, 2.24) is 40.9 Å². The second-order valence-electron chi connectivity index (χ2n) is 19.2. The summed E-state index contributed by atoms with van der Waals surface area (Å²) in [4.78, 5) is 53.7. The van der Waals surface area contributed by atoms with Crippen molar-refractivity contribution in [2.24, 2.45) is 5.92 Å². The van der Waals surface area contributed by atoms with E-state index in [1.807, 2.05) is 59.0 Å². The molecular weight excluding hydrogens is 833 g/mol. The number of nitrogens with zero attached hydrogens (tertiary/aromatic N) is 7. The number of carbonyl (C=O) groups excluding carboxylic acids is 3. The van der Waals surface area contributed by atoms with Gasteiger partial charge in [-0.3, -0.25) is 29.7 Å². The number of carbonyl (C=O) groups is 3. The van der Waals surface area contributed by atoms with Gasteiger partial charge in [-0.2, -0.15) is 10.1 Å². The molecule has 0 radical (unpaired) electrons. The van der Waals surface area contributed by atoms with Gasteiger partial charge < -0.3 is 24.4 Å². The van der Waals surface area contributed by atoms with Crippen molar-refractivity contribution in [3.05, 3.63) is 101 Å². The highest BCUT2D eigenvalue weighted by atomic mass is 16.5. The number of piperidine rings is 2. The number of nitrogens with one attached hydrogen (secondary N) is 3. The van der Waals surface area contributed by atoms with Crippen LogP contribution < -0.4 is 25.2 Å². The number of piperazine rings is 1. The van der Waals surface area contributed by atoms with Crippen molar-refractivity contribution in [3.63, 3.8) is 0 Å². The molecule has 3 amide bonds. The summed E-state index contributed by atoms with van der Waals surface area (Å²) in [7, 11) is 1.65. The Kier molecular flexibility index (Phi) is 12.6. The number of aromatic amines is 1. The van der Waals surface area contributed by atoms with E-state index in [-0.39, 0.29) is 40.9 Å². The average molecular weight is 893 g/mol. The molecule has 9 rings (SSSR count). The van der Waals surface area contributed by atoms with Gasteiger partial charge in [-0.1, -0.05) is 56.3 Å². The Morgan fingerprint density at radius 2 is 1.62 bits per heavy atom. The van der Waals surface area contributed by atoms with Gasteiger partial charge in [0.15, 0.2) is 5.65 Å². The number of benzene rings is 3. The minimum atomic E-state index is -0.381. The summed E-state index contributed by atoms with van der Waals surface area (Å²) in [6, 6.07) is 23.0. The number of anilines is 2. The number of aromatic nitrogens is 5. The summed E-state index contributed by atoms with van der Waals surface area (Å²) in [5.41, 5.74) is 9.53. The van der Waals surface area contributed by atoms with Crippen molar-refractivity contribution in [2.75, 3.05) is 62.7 Å². The van der Waals surface area contributed by atoms with Gasteiger partial charge in [-0.05, 0) is 99.0 Å². The number of ether oxygens (including phenoxy) is 1. The number of H-pyrrole nitrogens is 1. The number of hydrogen-bond donors (Lipinski definition) is 3. The van der Waals surface area contributed by atoms with Crippen LogP contribution in [0, 0.1) is 12.8 Å². The lowest BCUT2D eigenvalue weighted by Gasteiger charge is -2.38. The molecule has 3 aromatic carbocycles. The van der Waals surface area contributed by atoms with E-state index in [9.17, 15) is 14.4 Å². The summed E-state index contributed by atoms with van der Waals surface area (Å²) in [6.45, 7) is 17.1. The molecule has 15 heteroatoms. The quantitative estimate of drug-likeness (QED) is 0.102. The molecule has 6 heterocycles. The number of aryl methyl sites for hydroxylation is 1. The van der Waals surface area contributed by atoms with Crippen LogP contribution in [0.3, 0.4) is 0 Å². The van der Waals surface area contributed by atoms with Crippen LogP contribution in [-0.2, 0) is 15.0 Å². The van der Waals surface area contributed by atoms with Crippen LogP contribution in [0.25, 0.3) is 33.4 Å². The van der Waals surface area contributed by atoms with Crippen LogP contribution in [-0.4, -0.2) is 101 Å². The van der Waals surface area contributed by atoms with Crippen molar-refractivity contribution < 1.29 is 23.6 Å². The molecule has 66 heavy (non-hydrogen) atoms. The van der Waals surface area contributed by atoms with E-state index in [1.165, 1.54) is 12.1 Å². The van der Waals surface area contributed by atoms with E-state index in [4.69, 9.17) is 14.2 Å². The van der Waals surface area contributed by atoms with Crippen LogP contribution in [0.4, 0.5) is 11.4 Å². The molecule has 2 unspecified atom stereocenters. The first-order chi connectivity index (χ1) is 31.8. The highest BCUT2D eigenvalue weighted by molar-refractivity contribution is 6.01. The van der Waals surface area contributed by atoms with E-state index in [2.05, 4.69) is 94.2 Å². The minimum Gasteiger partial charge on any atom is -0.496 e. The summed E-state index contributed by atoms with van der Waals surface area (Å²) < 4.78 is 11.1. The Morgan fingerprint density at radius 1 is 0.894 bits per heavy atom. The van der Waals surface area contributed by atoms with Crippen LogP contribution in [0.5, 0.6) is 5.75 Å². The molecule has 3 fully saturated rings. The Bertz CT molecular complexity index is 2720. The third kappa shape index (κ3) is 9.53. The zero-order valence-corrected chi connectivity index (χ0v) is 38.8. The molecule has 0 aliphatic carbocycles. The van der Waals surface area contributed by atoms with E-state index in [0.717, 1.165) is 109 Å². The Balaban J connectivity index is 0.754. The normalized spacial score (nSPS) is 18.1. The Morgan fingerprint density at radius 3 is 2.32 bits per heavy atom. The number of methoxy groups -OCH3 is 1. The number of rotatable bonds is 12. The molecule has 0 bridgehead atoms. The van der Waals surface area contributed by atoms with Gasteiger partial charge in [0.2, 0.25) is 17.7 Å². The monoisotopic (exact) mass is 892 g/mol. The number of hydrogen-bond acceptors (Lipinski definition) is 12. The highest BCUT2D eigenvalue weighted by Crippen LogP contribution is 2.37. The van der Waals surface area contributed by atoms with Gasteiger partial charge in [0.25, 0.3) is 11.7 Å². The molecule has 15 nitrogen and oxygen atoms in total. The number of fused-ring (bicyclic) bond motifs is 1. The zero-order chi connectivity index (χ0) is 46.1. The lowest BCUT2D eigenvalue weighted by Crippen LogP contribution is -2.47. The van der Waals surface area contributed by atoms with E-state index in [0.29, 0.717) is 36.0 Å². The lowest BCUT2D eigenvalue weighted by molar-refractivity contribution is -0.134. The number of pyridine rings is 1. The predicted octanol–water partition coefficient (Wildman–Crippen LogP) is 7.73. The molecule has 344 valence electrons. The maximum atomic E-state index is 13.0. The standard InChI is InChI=1S/C51H60N10O5/c1-31-27-35(9-13-39(31)32(2)53-49(64)47-55-50(66-58-47)51(3,4)5)45-42-28-36(30-52-46(42)57-56-45)34-7-10-37(11-8-34)61-25-23-59(24-26-61)20-17-33-18-21-60(22-19-33)38-12-14-40(43(29-38)65-6)41-15-16-44(62)54-48(41)63/h7-14,27-30,32-33,41H,15-26H2,1-6H3,(H,53,64)(H,52,56,57)(H,54,62,63). The summed E-state index contributed by atoms with van der Waals surface area (Å²) in [5.74, 6) is 0.667. The van der Waals surface area contributed by atoms with E-state index in [1.54, 1.807) is 7.11 Å². The maximum absolute atomic E-state index is 13.0. The lowest BCUT2D eigenvalue weighted by atomic mass is 9.89. The van der Waals surface area contributed by atoms with Crippen LogP contribution in [0.1, 0.15) is 105 Å². The van der Waals surface area contributed by atoms with Gasteiger partial charge >= 0.3 is 0 Å². The maximum Gasteiger partial charge on any atom is 0.293 e. The smallest absolute Gasteiger partial charge is 0.293 e. The SMILES string of the molecule is COc1cc(N2CCC(CCN3CCN(c4ccc(-c5cnc6n[nH]c(-c7ccc(C(C)NC(=O)c8noc(C(C)(C)C)n8)c(C)c7)c6c5)cc4)CC3)CC2)ccc1C1CCC(=O)NC1=O. The molecule has 2 atom stereocenters. The first-order valence-electron chi connectivity index (χ1n) is 23.3. The molecular formula is C51H60N10O5. The van der Waals surface area contributed by atoms with Crippen molar-refractivity contribution >= 4 is 40.1 Å². The number of imide groups is 1.